The van der Waals surface area contributed by atoms with Crippen LogP contribution in [0.25, 0.3) is 0 Å². The van der Waals surface area contributed by atoms with Crippen LogP contribution in [0.3, 0.4) is 0 Å². The van der Waals surface area contributed by atoms with E-state index in [4.69, 9.17) is 10.0 Å². The van der Waals surface area contributed by atoms with Crippen molar-refractivity contribution in [3.63, 3.8) is 0 Å². The molecule has 2 N–H and O–H groups in total. The minimum atomic E-state index is -1.63. The zero-order chi connectivity index (χ0) is 9.14. The van der Waals surface area contributed by atoms with Crippen LogP contribution in [0.5, 0.6) is 0 Å². The van der Waals surface area contributed by atoms with Crippen LogP contribution in [0.15, 0.2) is 12.3 Å². The standard InChI is InChI=1S/C7H9BFNO2/c1-2-5-6(8(11)12)3-4-10-7(5)9/h3-4,11-12H,2H2,1H3. The van der Waals surface area contributed by atoms with Crippen molar-refractivity contribution in [3.8, 4) is 0 Å². The molecule has 3 nitrogen and oxygen atoms in total. The molecule has 0 unspecified atom stereocenters. The van der Waals surface area contributed by atoms with Gasteiger partial charge < -0.3 is 10.0 Å². The van der Waals surface area contributed by atoms with Crippen LogP contribution in [0.1, 0.15) is 12.5 Å². The first-order valence-corrected chi connectivity index (χ1v) is 3.66. The summed E-state index contributed by atoms with van der Waals surface area (Å²) in [5, 5.41) is 17.6. The molecule has 0 aliphatic heterocycles. The molecule has 0 aliphatic rings. The molecule has 0 aliphatic carbocycles. The van der Waals surface area contributed by atoms with E-state index >= 15 is 0 Å². The molecule has 0 saturated heterocycles. The predicted octanol–water partition coefficient (Wildman–Crippen LogP) is -0.537. The summed E-state index contributed by atoms with van der Waals surface area (Å²) in [4.78, 5) is 3.40. The second-order valence-electron chi connectivity index (χ2n) is 2.40. The van der Waals surface area contributed by atoms with Gasteiger partial charge in [-0.3, -0.25) is 0 Å². The van der Waals surface area contributed by atoms with Crippen LogP contribution in [0.2, 0.25) is 0 Å². The largest absolute Gasteiger partial charge is 0.488 e. The molecule has 1 rings (SSSR count). The molecule has 0 atom stereocenters. The van der Waals surface area contributed by atoms with Gasteiger partial charge >= 0.3 is 7.12 Å². The third-order valence-electron chi connectivity index (χ3n) is 1.67. The van der Waals surface area contributed by atoms with Gasteiger partial charge in [0.1, 0.15) is 0 Å². The Hall–Kier alpha value is -0.935. The SMILES string of the molecule is CCc1c(B(O)O)ccnc1F. The fraction of sp³-hybridized carbons (Fsp3) is 0.286. The van der Waals surface area contributed by atoms with Gasteiger partial charge in [-0.15, -0.1) is 0 Å². The molecule has 0 spiro atoms. The van der Waals surface area contributed by atoms with E-state index in [1.54, 1.807) is 6.92 Å². The maximum Gasteiger partial charge on any atom is 0.488 e. The van der Waals surface area contributed by atoms with Crippen molar-refractivity contribution < 1.29 is 14.4 Å². The Balaban J connectivity index is 3.18. The third-order valence-corrected chi connectivity index (χ3v) is 1.67. The second-order valence-corrected chi connectivity index (χ2v) is 2.40. The van der Waals surface area contributed by atoms with Crippen LogP contribution in [0.4, 0.5) is 4.39 Å². The molecule has 0 amide bonds. The van der Waals surface area contributed by atoms with Gasteiger partial charge in [-0.1, -0.05) is 6.92 Å². The third kappa shape index (κ3) is 1.62. The molecular formula is C7H9BFNO2. The summed E-state index contributed by atoms with van der Waals surface area (Å²) < 4.78 is 12.9. The smallest absolute Gasteiger partial charge is 0.423 e. The number of pyridine rings is 1. The summed E-state index contributed by atoms with van der Waals surface area (Å²) in [5.74, 6) is -0.636. The number of rotatable bonds is 2. The van der Waals surface area contributed by atoms with Crippen LogP contribution in [0, 0.1) is 5.95 Å². The molecular weight excluding hydrogens is 160 g/mol. The average molecular weight is 169 g/mol. The Morgan fingerprint density at radius 3 is 2.67 bits per heavy atom. The first kappa shape index (κ1) is 9.16. The number of halogens is 1. The maximum absolute atomic E-state index is 12.9. The Bertz CT molecular complexity index is 280. The number of hydrogen-bond acceptors (Lipinski definition) is 3. The van der Waals surface area contributed by atoms with Crippen LogP contribution < -0.4 is 5.46 Å². The summed E-state index contributed by atoms with van der Waals surface area (Å²) in [6.45, 7) is 1.73. The zero-order valence-corrected chi connectivity index (χ0v) is 6.66. The summed E-state index contributed by atoms with van der Waals surface area (Å²) in [6, 6.07) is 1.40. The van der Waals surface area contributed by atoms with Crippen molar-refractivity contribution in [1.29, 1.82) is 0 Å². The highest BCUT2D eigenvalue weighted by molar-refractivity contribution is 6.59. The highest BCUT2D eigenvalue weighted by Gasteiger charge is 2.17. The van der Waals surface area contributed by atoms with Crippen molar-refractivity contribution in [2.45, 2.75) is 13.3 Å². The Morgan fingerprint density at radius 2 is 2.25 bits per heavy atom. The molecule has 12 heavy (non-hydrogen) atoms. The Labute approximate surface area is 70.0 Å². The maximum atomic E-state index is 12.9. The summed E-state index contributed by atoms with van der Waals surface area (Å²) >= 11 is 0. The molecule has 0 radical (unpaired) electrons. The second kappa shape index (κ2) is 3.64. The summed E-state index contributed by atoms with van der Waals surface area (Å²) in [6.07, 6.45) is 1.61. The minimum absolute atomic E-state index is 0.185. The molecule has 0 saturated carbocycles. The first-order valence-electron chi connectivity index (χ1n) is 3.66. The van der Waals surface area contributed by atoms with E-state index in [0.717, 1.165) is 0 Å². The van der Waals surface area contributed by atoms with E-state index in [1.165, 1.54) is 12.3 Å². The highest BCUT2D eigenvalue weighted by atomic mass is 19.1. The molecule has 64 valence electrons. The van der Waals surface area contributed by atoms with Gasteiger partial charge in [-0.25, -0.2) is 4.98 Å². The van der Waals surface area contributed by atoms with Crippen molar-refractivity contribution in [2.24, 2.45) is 0 Å². The lowest BCUT2D eigenvalue weighted by Gasteiger charge is -2.05. The van der Waals surface area contributed by atoms with Crippen molar-refractivity contribution in [1.82, 2.24) is 4.98 Å². The molecule has 0 bridgehead atoms. The Kier molecular flexibility index (Phi) is 2.78. The Morgan fingerprint density at radius 1 is 1.58 bits per heavy atom. The van der Waals surface area contributed by atoms with Gasteiger partial charge in [0.25, 0.3) is 0 Å². The van der Waals surface area contributed by atoms with E-state index in [9.17, 15) is 4.39 Å². The fourth-order valence-corrected chi connectivity index (χ4v) is 1.07. The molecule has 1 heterocycles. The van der Waals surface area contributed by atoms with Crippen LogP contribution >= 0.6 is 0 Å². The van der Waals surface area contributed by atoms with E-state index in [1.807, 2.05) is 0 Å². The lowest BCUT2D eigenvalue weighted by molar-refractivity contribution is 0.424. The molecule has 1 aromatic heterocycles. The zero-order valence-electron chi connectivity index (χ0n) is 6.66. The van der Waals surface area contributed by atoms with Gasteiger partial charge in [0.2, 0.25) is 5.95 Å². The molecule has 0 fully saturated rings. The number of hydrogen-bond donors (Lipinski definition) is 2. The van der Waals surface area contributed by atoms with E-state index < -0.39 is 13.1 Å². The van der Waals surface area contributed by atoms with Gasteiger partial charge in [-0.2, -0.15) is 4.39 Å². The molecule has 1 aromatic rings. The highest BCUT2D eigenvalue weighted by Crippen LogP contribution is 2.01. The quantitative estimate of drug-likeness (QED) is 0.461. The van der Waals surface area contributed by atoms with Crippen LogP contribution in [-0.4, -0.2) is 22.2 Å². The monoisotopic (exact) mass is 169 g/mol. The normalized spacial score (nSPS) is 10.0. The van der Waals surface area contributed by atoms with E-state index in [0.29, 0.717) is 6.42 Å². The fourth-order valence-electron chi connectivity index (χ4n) is 1.07. The van der Waals surface area contributed by atoms with E-state index in [-0.39, 0.29) is 11.0 Å². The predicted molar refractivity (Wildman–Crippen MR) is 43.4 cm³/mol. The summed E-state index contributed by atoms with van der Waals surface area (Å²) in [5.41, 5.74) is 0.442. The van der Waals surface area contributed by atoms with Gasteiger partial charge in [0.05, 0.1) is 0 Å². The minimum Gasteiger partial charge on any atom is -0.423 e. The summed E-state index contributed by atoms with van der Waals surface area (Å²) in [7, 11) is -1.63. The van der Waals surface area contributed by atoms with Gasteiger partial charge in [-0.05, 0) is 17.9 Å². The molecule has 5 heteroatoms. The lowest BCUT2D eigenvalue weighted by atomic mass is 9.77. The topological polar surface area (TPSA) is 53.4 Å². The van der Waals surface area contributed by atoms with Crippen molar-refractivity contribution in [3.05, 3.63) is 23.8 Å². The average Bonchev–Trinajstić information content (AvgIpc) is 2.03. The molecule has 0 aromatic carbocycles. The first-order chi connectivity index (χ1) is 5.66. The number of aromatic nitrogens is 1. The van der Waals surface area contributed by atoms with E-state index in [2.05, 4.69) is 4.98 Å². The van der Waals surface area contributed by atoms with Crippen molar-refractivity contribution in [2.75, 3.05) is 0 Å². The lowest BCUT2D eigenvalue weighted by Crippen LogP contribution is -2.34. The van der Waals surface area contributed by atoms with Gasteiger partial charge in [0, 0.05) is 11.8 Å². The van der Waals surface area contributed by atoms with Gasteiger partial charge in [0.15, 0.2) is 0 Å². The van der Waals surface area contributed by atoms with Crippen LogP contribution in [-0.2, 0) is 6.42 Å². The van der Waals surface area contributed by atoms with Crippen molar-refractivity contribution >= 4 is 12.6 Å². The number of nitrogens with zero attached hydrogens (tertiary/aromatic N) is 1.